The number of amides is 1. The molecule has 0 bridgehead atoms. The zero-order chi connectivity index (χ0) is 22.2. The van der Waals surface area contributed by atoms with Gasteiger partial charge in [0.1, 0.15) is 11.9 Å². The van der Waals surface area contributed by atoms with Gasteiger partial charge in [-0.2, -0.15) is 0 Å². The number of hydrogen-bond donors (Lipinski definition) is 1. The molecule has 0 atom stereocenters. The van der Waals surface area contributed by atoms with Crippen LogP contribution >= 0.6 is 0 Å². The van der Waals surface area contributed by atoms with Crippen LogP contribution in [0.4, 0.5) is 0 Å². The van der Waals surface area contributed by atoms with Crippen molar-refractivity contribution in [3.05, 3.63) is 0 Å². The second kappa shape index (κ2) is 11.0. The van der Waals surface area contributed by atoms with E-state index in [1.807, 2.05) is 13.8 Å². The van der Waals surface area contributed by atoms with Crippen molar-refractivity contribution >= 4 is 18.0 Å². The number of aldehydes is 1. The van der Waals surface area contributed by atoms with E-state index in [-0.39, 0.29) is 24.8 Å². The molecule has 0 aliphatic carbocycles. The standard InChI is InChI=1S/C20H39N3O5/c1-18(2,27-14-10-21)9-13-28-20(5,6)17(26)22(7)15-16(25)19(3,4)23(8)11-12-24/h12H,9-11,13-15,21H2,1-8H3. The quantitative estimate of drug-likeness (QED) is 0.431. The second-order valence-corrected chi connectivity index (χ2v) is 8.70. The minimum absolute atomic E-state index is 0.0626. The van der Waals surface area contributed by atoms with Crippen LogP contribution in [0.5, 0.6) is 0 Å². The molecule has 0 aromatic heterocycles. The number of Topliss-reactive ketones (excluding diaryl/α,β-unsaturated/α-hetero) is 1. The van der Waals surface area contributed by atoms with Crippen molar-refractivity contribution < 1.29 is 23.9 Å². The van der Waals surface area contributed by atoms with E-state index in [1.165, 1.54) is 4.90 Å². The highest BCUT2D eigenvalue weighted by molar-refractivity contribution is 5.94. The topological polar surface area (TPSA) is 102 Å². The van der Waals surface area contributed by atoms with Gasteiger partial charge in [0.25, 0.3) is 5.91 Å². The number of carbonyl (C=O) groups is 3. The van der Waals surface area contributed by atoms with E-state index in [9.17, 15) is 14.4 Å². The van der Waals surface area contributed by atoms with Crippen molar-refractivity contribution in [2.75, 3.05) is 46.9 Å². The van der Waals surface area contributed by atoms with Gasteiger partial charge in [-0.3, -0.25) is 14.5 Å². The fraction of sp³-hybridized carbons (Fsp3) is 0.850. The van der Waals surface area contributed by atoms with Gasteiger partial charge in [-0.05, 0) is 55.0 Å². The summed E-state index contributed by atoms with van der Waals surface area (Å²) in [4.78, 5) is 39.2. The molecular formula is C20H39N3O5. The van der Waals surface area contributed by atoms with Gasteiger partial charge >= 0.3 is 0 Å². The molecule has 0 saturated heterocycles. The summed E-state index contributed by atoms with van der Waals surface area (Å²) >= 11 is 0. The molecule has 1 amide bonds. The number of rotatable bonds is 14. The predicted molar refractivity (Wildman–Crippen MR) is 109 cm³/mol. The van der Waals surface area contributed by atoms with Crippen molar-refractivity contribution in [3.8, 4) is 0 Å². The minimum atomic E-state index is -1.07. The van der Waals surface area contributed by atoms with E-state index in [4.69, 9.17) is 15.2 Å². The summed E-state index contributed by atoms with van der Waals surface area (Å²) in [6.07, 6.45) is 1.36. The van der Waals surface area contributed by atoms with Crippen molar-refractivity contribution in [1.82, 2.24) is 9.80 Å². The van der Waals surface area contributed by atoms with Gasteiger partial charge in [0.05, 0.1) is 37.4 Å². The number of likely N-dealkylation sites (N-methyl/N-ethyl adjacent to an activating group) is 2. The van der Waals surface area contributed by atoms with Crippen molar-refractivity contribution in [2.45, 2.75) is 64.7 Å². The third kappa shape index (κ3) is 8.34. The molecule has 0 saturated carbocycles. The first-order valence-corrected chi connectivity index (χ1v) is 9.63. The van der Waals surface area contributed by atoms with E-state index in [1.54, 1.807) is 46.7 Å². The van der Waals surface area contributed by atoms with Crippen LogP contribution in [0.15, 0.2) is 0 Å². The maximum atomic E-state index is 12.8. The summed E-state index contributed by atoms with van der Waals surface area (Å²) in [6, 6.07) is 0. The maximum absolute atomic E-state index is 12.8. The van der Waals surface area contributed by atoms with Crippen LogP contribution in [0, 0.1) is 0 Å². The average molecular weight is 402 g/mol. The van der Waals surface area contributed by atoms with Gasteiger partial charge in [-0.25, -0.2) is 0 Å². The van der Waals surface area contributed by atoms with Gasteiger partial charge in [-0.1, -0.05) is 0 Å². The molecule has 8 nitrogen and oxygen atoms in total. The molecule has 0 fully saturated rings. The third-order valence-corrected chi connectivity index (χ3v) is 5.01. The van der Waals surface area contributed by atoms with Crippen molar-refractivity contribution in [3.63, 3.8) is 0 Å². The summed E-state index contributed by atoms with van der Waals surface area (Å²) in [6.45, 7) is 12.1. The summed E-state index contributed by atoms with van der Waals surface area (Å²) in [5.74, 6) is -0.435. The zero-order valence-electron chi connectivity index (χ0n) is 18.8. The number of hydrogen-bond acceptors (Lipinski definition) is 7. The van der Waals surface area contributed by atoms with Gasteiger partial charge in [0.2, 0.25) is 0 Å². The number of ether oxygens (including phenoxy) is 2. The Labute approximate surface area is 169 Å². The molecule has 164 valence electrons. The zero-order valence-corrected chi connectivity index (χ0v) is 18.8. The monoisotopic (exact) mass is 401 g/mol. The maximum Gasteiger partial charge on any atom is 0.254 e. The summed E-state index contributed by atoms with van der Waals surface area (Å²) < 4.78 is 11.5. The average Bonchev–Trinajstić information content (AvgIpc) is 2.58. The van der Waals surface area contributed by atoms with Crippen LogP contribution in [0.25, 0.3) is 0 Å². The number of nitrogens with two attached hydrogens (primary N) is 1. The molecule has 0 aliphatic rings. The molecule has 8 heteroatoms. The lowest BCUT2D eigenvalue weighted by atomic mass is 9.96. The largest absolute Gasteiger partial charge is 0.374 e. The Morgan fingerprint density at radius 3 is 2.07 bits per heavy atom. The first-order valence-electron chi connectivity index (χ1n) is 9.63. The van der Waals surface area contributed by atoms with Crippen LogP contribution in [0.1, 0.15) is 48.0 Å². The van der Waals surface area contributed by atoms with Crippen molar-refractivity contribution in [2.24, 2.45) is 5.73 Å². The smallest absolute Gasteiger partial charge is 0.254 e. The molecule has 2 N–H and O–H groups in total. The Kier molecular flexibility index (Phi) is 10.5. The first kappa shape index (κ1) is 26.6. The Bertz CT molecular complexity index is 532. The molecule has 0 rings (SSSR count). The van der Waals surface area contributed by atoms with Gasteiger partial charge in [0, 0.05) is 13.6 Å². The molecule has 0 aliphatic heterocycles. The number of carbonyl (C=O) groups excluding carboxylic acids is 3. The Morgan fingerprint density at radius 1 is 1.00 bits per heavy atom. The van der Waals surface area contributed by atoms with E-state index < -0.39 is 16.7 Å². The summed E-state index contributed by atoms with van der Waals surface area (Å²) in [5.41, 5.74) is 3.13. The number of ketones is 1. The molecule has 0 aromatic carbocycles. The van der Waals surface area contributed by atoms with Crippen LogP contribution in [-0.4, -0.2) is 91.5 Å². The fourth-order valence-electron chi connectivity index (χ4n) is 2.51. The molecule has 28 heavy (non-hydrogen) atoms. The highest BCUT2D eigenvalue weighted by atomic mass is 16.5. The van der Waals surface area contributed by atoms with E-state index in [2.05, 4.69) is 0 Å². The Hall–Kier alpha value is -1.35. The lowest BCUT2D eigenvalue weighted by Gasteiger charge is -2.36. The lowest BCUT2D eigenvalue weighted by Crippen LogP contribution is -2.54. The summed E-state index contributed by atoms with van der Waals surface area (Å²) in [7, 11) is 3.28. The normalized spacial score (nSPS) is 12.9. The fourth-order valence-corrected chi connectivity index (χ4v) is 2.51. The van der Waals surface area contributed by atoms with E-state index in [0.717, 1.165) is 6.29 Å². The molecule has 0 spiro atoms. The molecule has 0 heterocycles. The molecule has 0 unspecified atom stereocenters. The molecule has 0 aromatic rings. The minimum Gasteiger partial charge on any atom is -0.374 e. The van der Waals surface area contributed by atoms with E-state index in [0.29, 0.717) is 26.2 Å². The first-order chi connectivity index (χ1) is 12.7. The van der Waals surface area contributed by atoms with E-state index >= 15 is 0 Å². The van der Waals surface area contributed by atoms with Crippen LogP contribution in [0.2, 0.25) is 0 Å². The Balaban J connectivity index is 4.78. The van der Waals surface area contributed by atoms with Gasteiger partial charge in [0.15, 0.2) is 5.78 Å². The van der Waals surface area contributed by atoms with Crippen LogP contribution in [-0.2, 0) is 23.9 Å². The van der Waals surface area contributed by atoms with Crippen molar-refractivity contribution in [1.29, 1.82) is 0 Å². The summed E-state index contributed by atoms with van der Waals surface area (Å²) in [5, 5.41) is 0. The lowest BCUT2D eigenvalue weighted by molar-refractivity contribution is -0.157. The third-order valence-electron chi connectivity index (χ3n) is 5.01. The van der Waals surface area contributed by atoms with Gasteiger partial charge in [-0.15, -0.1) is 0 Å². The highest BCUT2D eigenvalue weighted by Crippen LogP contribution is 2.20. The number of nitrogens with zero attached hydrogens (tertiary/aromatic N) is 2. The molecular weight excluding hydrogens is 362 g/mol. The SMILES string of the molecule is CN(CC(=O)C(C)(C)N(C)CC=O)C(=O)C(C)(C)OCCC(C)(C)OCCN. The highest BCUT2D eigenvalue weighted by Gasteiger charge is 2.37. The molecule has 0 radical (unpaired) electrons. The van der Waals surface area contributed by atoms with Gasteiger partial charge < -0.3 is 24.9 Å². The second-order valence-electron chi connectivity index (χ2n) is 8.70. The van der Waals surface area contributed by atoms with Crippen LogP contribution in [0.3, 0.4) is 0 Å². The van der Waals surface area contributed by atoms with Crippen LogP contribution < -0.4 is 5.73 Å². The Morgan fingerprint density at radius 2 is 1.57 bits per heavy atom. The predicted octanol–water partition coefficient (Wildman–Crippen LogP) is 0.862.